The summed E-state index contributed by atoms with van der Waals surface area (Å²) in [5.41, 5.74) is -0.653. The van der Waals surface area contributed by atoms with Crippen LogP contribution in [-0.4, -0.2) is 38.9 Å². The zero-order valence-corrected chi connectivity index (χ0v) is 7.16. The van der Waals surface area contributed by atoms with Gasteiger partial charge in [-0.25, -0.2) is 0 Å². The molecule has 0 atom stereocenters. The average molecular weight is 184 g/mol. The van der Waals surface area contributed by atoms with Gasteiger partial charge in [0.15, 0.2) is 0 Å². The Morgan fingerprint density at radius 2 is 1.73 bits per heavy atom. The van der Waals surface area contributed by atoms with Crippen LogP contribution in [0.3, 0.4) is 0 Å². The van der Waals surface area contributed by atoms with E-state index in [1.165, 1.54) is 0 Å². The van der Waals surface area contributed by atoms with E-state index in [4.69, 9.17) is 20.0 Å². The molecule has 0 heterocycles. The summed E-state index contributed by atoms with van der Waals surface area (Å²) in [6.07, 6.45) is 1.56. The van der Waals surface area contributed by atoms with Crippen molar-refractivity contribution in [2.45, 2.75) is 18.4 Å². The van der Waals surface area contributed by atoms with E-state index in [9.17, 15) is 4.57 Å². The fraction of sp³-hybridized carbons (Fsp3) is 1.00. The summed E-state index contributed by atoms with van der Waals surface area (Å²) in [4.78, 5) is 15.3. The maximum atomic E-state index is 9.33. The second-order valence-corrected chi connectivity index (χ2v) is 4.39. The Labute approximate surface area is 64.8 Å². The summed E-state index contributed by atoms with van der Waals surface area (Å²) in [6, 6.07) is 0. The summed E-state index contributed by atoms with van der Waals surface area (Å²) in [6.45, 7) is 0.792. The molecule has 68 valence electrons. The molecule has 1 fully saturated rings. The van der Waals surface area contributed by atoms with Crippen molar-refractivity contribution in [1.82, 2.24) is 0 Å². The zero-order valence-electron chi connectivity index (χ0n) is 6.27. The standard InChI is InChI=1S/C4H8O2.CH5O3P/c5-3-4(6)1-2-4;1-5(2,3)4/h5-6H,1-3H2;1H3,(H2,2,3,4). The molecule has 1 rings (SSSR count). The lowest BCUT2D eigenvalue weighted by Gasteiger charge is -1.95. The predicted octanol–water partition coefficient (Wildman–Crippen LogP) is -0.703. The Hall–Kier alpha value is 0.0700. The molecule has 0 bridgehead atoms. The molecule has 0 unspecified atom stereocenters. The predicted molar refractivity (Wildman–Crippen MR) is 39.2 cm³/mol. The molecule has 5 nitrogen and oxygen atoms in total. The van der Waals surface area contributed by atoms with Crippen molar-refractivity contribution in [2.75, 3.05) is 13.3 Å². The van der Waals surface area contributed by atoms with Gasteiger partial charge >= 0.3 is 7.60 Å². The Morgan fingerprint density at radius 1 is 1.45 bits per heavy atom. The summed E-state index contributed by atoms with van der Waals surface area (Å²) in [5.74, 6) is 0. The lowest BCUT2D eigenvalue weighted by Crippen LogP contribution is -2.11. The first-order valence-electron chi connectivity index (χ1n) is 3.13. The zero-order chi connectivity index (χ0) is 9.12. The van der Waals surface area contributed by atoms with Gasteiger partial charge in [0.1, 0.15) is 0 Å². The third-order valence-electron chi connectivity index (χ3n) is 1.12. The Bertz CT molecular complexity index is 150. The van der Waals surface area contributed by atoms with Crippen molar-refractivity contribution >= 4 is 7.60 Å². The first-order chi connectivity index (χ1) is 4.77. The van der Waals surface area contributed by atoms with Crippen molar-refractivity contribution in [3.63, 3.8) is 0 Å². The van der Waals surface area contributed by atoms with Gasteiger partial charge in [0, 0.05) is 6.66 Å². The molecular formula is C5H13O5P. The third kappa shape index (κ3) is 10.1. The summed E-state index contributed by atoms with van der Waals surface area (Å²) in [5, 5.41) is 16.9. The molecule has 1 aliphatic carbocycles. The molecule has 0 amide bonds. The minimum absolute atomic E-state index is 0.0625. The number of aliphatic hydroxyl groups is 2. The topological polar surface area (TPSA) is 98.0 Å². The molecule has 0 aliphatic heterocycles. The summed E-state index contributed by atoms with van der Waals surface area (Å²) in [7, 11) is -3.64. The van der Waals surface area contributed by atoms with Gasteiger partial charge in [-0.15, -0.1) is 0 Å². The van der Waals surface area contributed by atoms with Crippen LogP contribution < -0.4 is 0 Å². The van der Waals surface area contributed by atoms with Crippen molar-refractivity contribution in [3.05, 3.63) is 0 Å². The van der Waals surface area contributed by atoms with Gasteiger partial charge in [-0.1, -0.05) is 0 Å². The summed E-state index contributed by atoms with van der Waals surface area (Å²) < 4.78 is 9.33. The lowest BCUT2D eigenvalue weighted by molar-refractivity contribution is 0.0738. The monoisotopic (exact) mass is 184 g/mol. The Morgan fingerprint density at radius 3 is 1.73 bits per heavy atom. The number of hydrogen-bond donors (Lipinski definition) is 4. The van der Waals surface area contributed by atoms with Gasteiger partial charge in [-0.05, 0) is 12.8 Å². The highest BCUT2D eigenvalue weighted by molar-refractivity contribution is 7.50. The highest BCUT2D eigenvalue weighted by Crippen LogP contribution is 2.33. The maximum Gasteiger partial charge on any atom is 0.322 e. The van der Waals surface area contributed by atoms with Crippen LogP contribution in [-0.2, 0) is 4.57 Å². The molecule has 0 aromatic carbocycles. The molecule has 0 aromatic heterocycles. The van der Waals surface area contributed by atoms with Crippen LogP contribution in [0.4, 0.5) is 0 Å². The first kappa shape index (κ1) is 11.1. The van der Waals surface area contributed by atoms with Crippen molar-refractivity contribution in [1.29, 1.82) is 0 Å². The van der Waals surface area contributed by atoms with E-state index >= 15 is 0 Å². The van der Waals surface area contributed by atoms with Gasteiger partial charge < -0.3 is 20.0 Å². The van der Waals surface area contributed by atoms with Gasteiger partial charge in [0.25, 0.3) is 0 Å². The normalized spacial score (nSPS) is 20.1. The summed E-state index contributed by atoms with van der Waals surface area (Å²) >= 11 is 0. The minimum atomic E-state index is -3.64. The highest BCUT2D eigenvalue weighted by atomic mass is 31.2. The van der Waals surface area contributed by atoms with Gasteiger partial charge in [0.2, 0.25) is 0 Å². The van der Waals surface area contributed by atoms with E-state index in [-0.39, 0.29) is 6.61 Å². The van der Waals surface area contributed by atoms with E-state index in [1.807, 2.05) is 0 Å². The second kappa shape index (κ2) is 3.65. The third-order valence-corrected chi connectivity index (χ3v) is 1.12. The van der Waals surface area contributed by atoms with Crippen LogP contribution in [0.25, 0.3) is 0 Å². The number of hydrogen-bond acceptors (Lipinski definition) is 3. The molecule has 0 aromatic rings. The highest BCUT2D eigenvalue weighted by Gasteiger charge is 2.39. The molecule has 0 radical (unpaired) electrons. The molecule has 11 heavy (non-hydrogen) atoms. The van der Waals surface area contributed by atoms with Crippen LogP contribution in [0.5, 0.6) is 0 Å². The molecule has 0 saturated heterocycles. The van der Waals surface area contributed by atoms with Crippen LogP contribution in [0.2, 0.25) is 0 Å². The van der Waals surface area contributed by atoms with Gasteiger partial charge in [0.05, 0.1) is 12.2 Å². The molecule has 6 heteroatoms. The number of aliphatic hydroxyl groups excluding tert-OH is 1. The van der Waals surface area contributed by atoms with Crippen LogP contribution in [0.1, 0.15) is 12.8 Å². The van der Waals surface area contributed by atoms with Crippen LogP contribution in [0, 0.1) is 0 Å². The van der Waals surface area contributed by atoms with Gasteiger partial charge in [-0.3, -0.25) is 4.57 Å². The molecule has 4 N–H and O–H groups in total. The Kier molecular flexibility index (Phi) is 3.67. The fourth-order valence-corrected chi connectivity index (χ4v) is 0.302. The molecular weight excluding hydrogens is 171 g/mol. The van der Waals surface area contributed by atoms with Crippen molar-refractivity contribution in [2.24, 2.45) is 0 Å². The van der Waals surface area contributed by atoms with Crippen molar-refractivity contribution in [3.8, 4) is 0 Å². The van der Waals surface area contributed by atoms with Gasteiger partial charge in [-0.2, -0.15) is 0 Å². The molecule has 1 aliphatic rings. The van der Waals surface area contributed by atoms with E-state index in [0.29, 0.717) is 0 Å². The maximum absolute atomic E-state index is 9.33. The lowest BCUT2D eigenvalue weighted by atomic mass is 10.4. The second-order valence-electron chi connectivity index (χ2n) is 2.72. The molecule has 0 spiro atoms. The molecule has 1 saturated carbocycles. The average Bonchev–Trinajstić information content (AvgIpc) is 2.45. The smallest absolute Gasteiger partial charge is 0.322 e. The van der Waals surface area contributed by atoms with E-state index in [2.05, 4.69) is 0 Å². The van der Waals surface area contributed by atoms with E-state index in [0.717, 1.165) is 19.5 Å². The largest absolute Gasteiger partial charge is 0.393 e. The SMILES string of the molecule is CP(=O)(O)O.OCC1(O)CC1. The number of rotatable bonds is 1. The van der Waals surface area contributed by atoms with Crippen LogP contribution >= 0.6 is 7.60 Å². The van der Waals surface area contributed by atoms with Crippen molar-refractivity contribution < 1.29 is 24.6 Å². The first-order valence-corrected chi connectivity index (χ1v) is 5.19. The minimum Gasteiger partial charge on any atom is -0.393 e. The van der Waals surface area contributed by atoms with E-state index in [1.54, 1.807) is 0 Å². The quantitative estimate of drug-likeness (QED) is 0.404. The van der Waals surface area contributed by atoms with Crippen LogP contribution in [0.15, 0.2) is 0 Å². The van der Waals surface area contributed by atoms with E-state index < -0.39 is 13.2 Å². The Balaban J connectivity index is 0.000000187. The fourth-order valence-electron chi connectivity index (χ4n) is 0.302.